The van der Waals surface area contributed by atoms with E-state index < -0.39 is 11.7 Å². The molecule has 0 aliphatic rings. The number of halogens is 3. The molecule has 2 aromatic carbocycles. The van der Waals surface area contributed by atoms with Gasteiger partial charge < -0.3 is 4.42 Å². The lowest BCUT2D eigenvalue weighted by atomic mass is 10.1. The van der Waals surface area contributed by atoms with Crippen LogP contribution < -0.4 is 0 Å². The molecule has 0 unspecified atom stereocenters. The minimum absolute atomic E-state index is 0.392. The molecule has 0 aliphatic heterocycles. The third-order valence-electron chi connectivity index (χ3n) is 3.24. The summed E-state index contributed by atoms with van der Waals surface area (Å²) in [6.45, 7) is 0. The van der Waals surface area contributed by atoms with Gasteiger partial charge in [0, 0.05) is 11.6 Å². The highest BCUT2D eigenvalue weighted by Crippen LogP contribution is 2.29. The van der Waals surface area contributed by atoms with Crippen molar-refractivity contribution in [2.24, 2.45) is 0 Å². The van der Waals surface area contributed by atoms with E-state index in [2.05, 4.69) is 4.98 Å². The molecule has 0 atom stereocenters. The van der Waals surface area contributed by atoms with E-state index in [0.717, 1.165) is 17.7 Å². The first-order chi connectivity index (χ1) is 11.0. The lowest BCUT2D eigenvalue weighted by molar-refractivity contribution is -0.137. The van der Waals surface area contributed by atoms with E-state index in [9.17, 15) is 13.2 Å². The van der Waals surface area contributed by atoms with Crippen molar-refractivity contribution in [2.75, 3.05) is 0 Å². The largest absolute Gasteiger partial charge is 0.437 e. The van der Waals surface area contributed by atoms with Crippen molar-refractivity contribution in [1.29, 1.82) is 0 Å². The Kier molecular flexibility index (Phi) is 4.02. The summed E-state index contributed by atoms with van der Waals surface area (Å²) in [6.07, 6.45) is 0.562. The second-order valence-electron chi connectivity index (χ2n) is 4.88. The summed E-state index contributed by atoms with van der Waals surface area (Å²) in [5.74, 6) is 1.03. The first kappa shape index (κ1) is 15.1. The van der Waals surface area contributed by atoms with Crippen molar-refractivity contribution in [2.45, 2.75) is 6.18 Å². The fourth-order valence-electron chi connectivity index (χ4n) is 2.05. The fraction of sp³-hybridized carbons (Fsp3) is 0.0556. The first-order valence-corrected chi connectivity index (χ1v) is 6.89. The van der Waals surface area contributed by atoms with Gasteiger partial charge in [-0.15, -0.1) is 0 Å². The number of benzene rings is 2. The van der Waals surface area contributed by atoms with Crippen molar-refractivity contribution in [3.05, 3.63) is 77.8 Å². The van der Waals surface area contributed by atoms with Gasteiger partial charge >= 0.3 is 6.18 Å². The summed E-state index contributed by atoms with van der Waals surface area (Å²) in [4.78, 5) is 4.13. The lowest BCUT2D eigenvalue weighted by Crippen LogP contribution is -2.03. The maximum atomic E-state index is 12.5. The third-order valence-corrected chi connectivity index (χ3v) is 3.24. The molecule has 0 saturated carbocycles. The molecule has 0 aliphatic carbocycles. The monoisotopic (exact) mass is 315 g/mol. The van der Waals surface area contributed by atoms with Gasteiger partial charge in [0.25, 0.3) is 0 Å². The average molecular weight is 315 g/mol. The van der Waals surface area contributed by atoms with E-state index in [0.29, 0.717) is 17.2 Å². The predicted octanol–water partition coefficient (Wildman–Crippen LogP) is 5.53. The van der Waals surface area contributed by atoms with Crippen LogP contribution in [0.5, 0.6) is 0 Å². The van der Waals surface area contributed by atoms with E-state index >= 15 is 0 Å². The number of aromatic nitrogens is 1. The van der Waals surface area contributed by atoms with Crippen LogP contribution in [0.3, 0.4) is 0 Å². The zero-order chi connectivity index (χ0) is 16.3. The van der Waals surface area contributed by atoms with Crippen LogP contribution in [0.4, 0.5) is 13.2 Å². The molecule has 2 nitrogen and oxygen atoms in total. The van der Waals surface area contributed by atoms with E-state index in [1.165, 1.54) is 12.1 Å². The van der Waals surface area contributed by atoms with Crippen LogP contribution in [0.15, 0.2) is 65.2 Å². The average Bonchev–Trinajstić information content (AvgIpc) is 3.02. The summed E-state index contributed by atoms with van der Waals surface area (Å²) in [5, 5.41) is 0. The number of rotatable bonds is 3. The van der Waals surface area contributed by atoms with Gasteiger partial charge in [-0.2, -0.15) is 13.2 Å². The van der Waals surface area contributed by atoms with E-state index in [1.807, 2.05) is 30.3 Å². The highest BCUT2D eigenvalue weighted by molar-refractivity contribution is 5.67. The fourth-order valence-corrected chi connectivity index (χ4v) is 2.05. The van der Waals surface area contributed by atoms with Gasteiger partial charge in [-0.1, -0.05) is 42.5 Å². The van der Waals surface area contributed by atoms with Crippen LogP contribution >= 0.6 is 0 Å². The quantitative estimate of drug-likeness (QED) is 0.635. The van der Waals surface area contributed by atoms with Gasteiger partial charge in [-0.3, -0.25) is 0 Å². The SMILES string of the molecule is FC(F)(F)c1ccc(/C=C/c2ncc(-c3ccccc3)o2)cc1. The molecule has 3 rings (SSSR count). The van der Waals surface area contributed by atoms with Crippen LogP contribution in [0.25, 0.3) is 23.5 Å². The van der Waals surface area contributed by atoms with Crippen molar-refractivity contribution in [1.82, 2.24) is 4.98 Å². The summed E-state index contributed by atoms with van der Waals surface area (Å²) in [6, 6.07) is 14.4. The molecule has 3 aromatic rings. The van der Waals surface area contributed by atoms with E-state index in [4.69, 9.17) is 4.42 Å². The predicted molar refractivity (Wildman–Crippen MR) is 82.3 cm³/mol. The van der Waals surface area contributed by atoms with Crippen LogP contribution in [0.1, 0.15) is 17.0 Å². The minimum atomic E-state index is -4.32. The molecular weight excluding hydrogens is 303 g/mol. The summed E-state index contributed by atoms with van der Waals surface area (Å²) in [5.41, 5.74) is 0.878. The zero-order valence-electron chi connectivity index (χ0n) is 11.9. The van der Waals surface area contributed by atoms with Crippen LogP contribution in [0, 0.1) is 0 Å². The Hall–Kier alpha value is -2.82. The Balaban J connectivity index is 1.75. The standard InChI is InChI=1S/C18H12F3NO/c19-18(20,21)15-9-6-13(7-10-15)8-11-17-22-12-16(23-17)14-4-2-1-3-5-14/h1-12H/b11-8+. The molecule has 0 fully saturated rings. The van der Waals surface area contributed by atoms with Crippen LogP contribution in [-0.4, -0.2) is 4.98 Å². The molecule has 116 valence electrons. The van der Waals surface area contributed by atoms with Crippen molar-refractivity contribution >= 4 is 12.2 Å². The van der Waals surface area contributed by atoms with E-state index in [1.54, 1.807) is 18.3 Å². The Morgan fingerprint density at radius 1 is 0.870 bits per heavy atom. The summed E-state index contributed by atoms with van der Waals surface area (Å²) in [7, 11) is 0. The van der Waals surface area contributed by atoms with Crippen LogP contribution in [0.2, 0.25) is 0 Å². The van der Waals surface area contributed by atoms with Gasteiger partial charge in [0.1, 0.15) is 0 Å². The highest BCUT2D eigenvalue weighted by atomic mass is 19.4. The number of hydrogen-bond donors (Lipinski definition) is 0. The molecule has 0 spiro atoms. The molecule has 0 N–H and O–H groups in total. The second kappa shape index (κ2) is 6.12. The number of nitrogens with zero attached hydrogens (tertiary/aromatic N) is 1. The second-order valence-corrected chi connectivity index (χ2v) is 4.88. The molecule has 1 heterocycles. The van der Waals surface area contributed by atoms with Gasteiger partial charge in [0.05, 0.1) is 11.8 Å². The lowest BCUT2D eigenvalue weighted by Gasteiger charge is -2.05. The summed E-state index contributed by atoms with van der Waals surface area (Å²) >= 11 is 0. The molecule has 23 heavy (non-hydrogen) atoms. The summed E-state index contributed by atoms with van der Waals surface area (Å²) < 4.78 is 43.1. The zero-order valence-corrected chi connectivity index (χ0v) is 11.9. The Bertz CT molecular complexity index is 802. The highest BCUT2D eigenvalue weighted by Gasteiger charge is 2.29. The van der Waals surface area contributed by atoms with Crippen molar-refractivity contribution < 1.29 is 17.6 Å². The third kappa shape index (κ3) is 3.69. The van der Waals surface area contributed by atoms with Gasteiger partial charge in [0.2, 0.25) is 5.89 Å². The molecule has 0 saturated heterocycles. The smallest absolute Gasteiger partial charge is 0.416 e. The number of hydrogen-bond acceptors (Lipinski definition) is 2. The first-order valence-electron chi connectivity index (χ1n) is 6.89. The molecule has 0 amide bonds. The number of oxazole rings is 1. The van der Waals surface area contributed by atoms with Crippen molar-refractivity contribution in [3.63, 3.8) is 0 Å². The van der Waals surface area contributed by atoms with Gasteiger partial charge in [0.15, 0.2) is 5.76 Å². The van der Waals surface area contributed by atoms with Gasteiger partial charge in [-0.05, 0) is 23.8 Å². The Morgan fingerprint density at radius 2 is 1.57 bits per heavy atom. The maximum Gasteiger partial charge on any atom is 0.416 e. The molecule has 5 heteroatoms. The van der Waals surface area contributed by atoms with Gasteiger partial charge in [-0.25, -0.2) is 4.98 Å². The van der Waals surface area contributed by atoms with Crippen LogP contribution in [-0.2, 0) is 6.18 Å². The minimum Gasteiger partial charge on any atom is -0.437 e. The Morgan fingerprint density at radius 3 is 2.22 bits per heavy atom. The topological polar surface area (TPSA) is 26.0 Å². The van der Waals surface area contributed by atoms with Crippen molar-refractivity contribution in [3.8, 4) is 11.3 Å². The molecule has 0 radical (unpaired) electrons. The molecular formula is C18H12F3NO. The molecule has 1 aromatic heterocycles. The normalized spacial score (nSPS) is 12.0. The Labute approximate surface area is 130 Å². The van der Waals surface area contributed by atoms with E-state index in [-0.39, 0.29) is 0 Å². The molecule has 0 bridgehead atoms. The maximum absolute atomic E-state index is 12.5. The number of alkyl halides is 3.